The predicted molar refractivity (Wildman–Crippen MR) is 109 cm³/mol. The fourth-order valence-electron chi connectivity index (χ4n) is 2.38. The Balaban J connectivity index is 3.79. The molecule has 0 rings (SSSR count). The van der Waals surface area contributed by atoms with E-state index in [0.29, 0.717) is 32.1 Å². The van der Waals surface area contributed by atoms with Crippen LogP contribution in [0.5, 0.6) is 0 Å². The van der Waals surface area contributed by atoms with Gasteiger partial charge in [0, 0.05) is 6.42 Å². The van der Waals surface area contributed by atoms with Gasteiger partial charge >= 0.3 is 5.97 Å². The van der Waals surface area contributed by atoms with Gasteiger partial charge in [0.05, 0.1) is 18.3 Å². The van der Waals surface area contributed by atoms with Crippen molar-refractivity contribution in [2.75, 3.05) is 0 Å². The molecule has 5 nitrogen and oxygen atoms in total. The van der Waals surface area contributed by atoms with Crippen LogP contribution in [0.3, 0.4) is 0 Å². The number of rotatable bonds is 16. The molecule has 154 valence electrons. The average Bonchev–Trinajstić information content (AvgIpc) is 2.63. The van der Waals surface area contributed by atoms with E-state index in [1.165, 1.54) is 0 Å². The Morgan fingerprint density at radius 3 is 2.15 bits per heavy atom. The second-order valence-electron chi connectivity index (χ2n) is 6.57. The summed E-state index contributed by atoms with van der Waals surface area (Å²) in [5, 5.41) is 37.9. The lowest BCUT2D eigenvalue weighted by Crippen LogP contribution is -2.24. The Kier molecular flexibility index (Phi) is 16.6. The number of carboxylic acid groups (broad SMARTS) is 1. The highest BCUT2D eigenvalue weighted by Crippen LogP contribution is 2.07. The summed E-state index contributed by atoms with van der Waals surface area (Å²) in [6.45, 7) is 2.02. The van der Waals surface area contributed by atoms with Crippen LogP contribution in [0.1, 0.15) is 64.7 Å². The van der Waals surface area contributed by atoms with Crippen molar-refractivity contribution < 1.29 is 25.2 Å². The van der Waals surface area contributed by atoms with Gasteiger partial charge in [-0.15, -0.1) is 0 Å². The van der Waals surface area contributed by atoms with Gasteiger partial charge in [-0.25, -0.2) is 0 Å². The lowest BCUT2D eigenvalue weighted by Gasteiger charge is -2.14. The van der Waals surface area contributed by atoms with Crippen molar-refractivity contribution in [1.29, 1.82) is 0 Å². The zero-order chi connectivity index (χ0) is 20.3. The summed E-state index contributed by atoms with van der Waals surface area (Å²) in [4.78, 5) is 10.4. The number of aliphatic hydroxyl groups is 3. The van der Waals surface area contributed by atoms with E-state index >= 15 is 0 Å². The van der Waals surface area contributed by atoms with Crippen molar-refractivity contribution in [2.45, 2.75) is 83.0 Å². The van der Waals surface area contributed by atoms with E-state index in [-0.39, 0.29) is 6.42 Å². The molecule has 0 fully saturated rings. The van der Waals surface area contributed by atoms with Gasteiger partial charge in [-0.1, -0.05) is 68.4 Å². The minimum Gasteiger partial charge on any atom is -0.481 e. The molecule has 0 radical (unpaired) electrons. The number of carbonyl (C=O) groups is 1. The van der Waals surface area contributed by atoms with E-state index in [2.05, 4.69) is 0 Å². The number of carboxylic acids is 1. The zero-order valence-electron chi connectivity index (χ0n) is 16.4. The van der Waals surface area contributed by atoms with Crippen LogP contribution in [-0.4, -0.2) is 44.7 Å². The number of hydrogen-bond acceptors (Lipinski definition) is 4. The van der Waals surface area contributed by atoms with Gasteiger partial charge in [0.15, 0.2) is 0 Å². The summed E-state index contributed by atoms with van der Waals surface area (Å²) in [5.41, 5.74) is 0. The molecule has 0 aliphatic rings. The van der Waals surface area contributed by atoms with Gasteiger partial charge in [-0.05, 0) is 38.5 Å². The average molecular weight is 381 g/mol. The van der Waals surface area contributed by atoms with Crippen molar-refractivity contribution in [3.05, 3.63) is 48.6 Å². The maximum absolute atomic E-state index is 10.4. The van der Waals surface area contributed by atoms with Crippen LogP contribution < -0.4 is 0 Å². The maximum atomic E-state index is 10.4. The minimum atomic E-state index is -0.774. The van der Waals surface area contributed by atoms with Gasteiger partial charge in [0.2, 0.25) is 0 Å². The van der Waals surface area contributed by atoms with Gasteiger partial charge in [-0.2, -0.15) is 0 Å². The van der Waals surface area contributed by atoms with E-state index in [1.807, 2.05) is 43.4 Å². The van der Waals surface area contributed by atoms with Crippen LogP contribution in [0.4, 0.5) is 0 Å². The quantitative estimate of drug-likeness (QED) is 0.185. The molecule has 0 aromatic heterocycles. The molecule has 3 unspecified atom stereocenters. The Morgan fingerprint density at radius 2 is 1.52 bits per heavy atom. The highest BCUT2D eigenvalue weighted by Gasteiger charge is 2.12. The first-order valence-corrected chi connectivity index (χ1v) is 9.86. The summed E-state index contributed by atoms with van der Waals surface area (Å²) in [6, 6.07) is 0. The van der Waals surface area contributed by atoms with Crippen molar-refractivity contribution >= 4 is 5.97 Å². The highest BCUT2D eigenvalue weighted by molar-refractivity contribution is 5.66. The van der Waals surface area contributed by atoms with Gasteiger partial charge < -0.3 is 20.4 Å². The lowest BCUT2D eigenvalue weighted by molar-refractivity contribution is -0.137. The van der Waals surface area contributed by atoms with E-state index in [0.717, 1.165) is 19.3 Å². The normalized spacial score (nSPS) is 16.0. The highest BCUT2D eigenvalue weighted by atomic mass is 16.4. The Bertz CT molecular complexity index is 479. The number of unbranched alkanes of at least 4 members (excludes halogenated alkanes) is 2. The van der Waals surface area contributed by atoms with Crippen molar-refractivity contribution in [2.24, 2.45) is 0 Å². The molecule has 4 N–H and O–H groups in total. The number of aliphatic carboxylic acids is 1. The van der Waals surface area contributed by atoms with Crippen LogP contribution >= 0.6 is 0 Å². The molecule has 0 bridgehead atoms. The van der Waals surface area contributed by atoms with E-state index in [9.17, 15) is 20.1 Å². The van der Waals surface area contributed by atoms with Crippen LogP contribution in [0.15, 0.2) is 48.6 Å². The second-order valence-corrected chi connectivity index (χ2v) is 6.57. The first kappa shape index (κ1) is 25.3. The van der Waals surface area contributed by atoms with Gasteiger partial charge in [0.25, 0.3) is 0 Å². The molecule has 0 saturated heterocycles. The topological polar surface area (TPSA) is 98.0 Å². The molecule has 3 atom stereocenters. The molecule has 0 spiro atoms. The number of allylic oxidation sites excluding steroid dienone is 5. The van der Waals surface area contributed by atoms with Gasteiger partial charge in [0.1, 0.15) is 0 Å². The van der Waals surface area contributed by atoms with Crippen LogP contribution in [0.2, 0.25) is 0 Å². The van der Waals surface area contributed by atoms with Crippen LogP contribution in [-0.2, 0) is 4.79 Å². The molecule has 0 aromatic rings. The van der Waals surface area contributed by atoms with Crippen LogP contribution in [0.25, 0.3) is 0 Å². The Labute approximate surface area is 163 Å². The molecule has 0 saturated carbocycles. The standard InChI is InChI=1S/C22H36O5/c1-2-3-9-16-20(24)21(25)17-12-7-5-4-6-10-14-19(23)15-11-8-13-18-22(26)27/h3-4,6-7,9-10,12,14,19-21,23-25H,2,5,8,11,13,15-18H2,1H3,(H,26,27)/b6-4+,9-3+,12-7+,14-10+. The summed E-state index contributed by atoms with van der Waals surface area (Å²) in [6.07, 6.45) is 18.6. The first-order valence-electron chi connectivity index (χ1n) is 9.86. The van der Waals surface area contributed by atoms with E-state index < -0.39 is 24.3 Å². The summed E-state index contributed by atoms with van der Waals surface area (Å²) in [5.74, 6) is -0.774. The zero-order valence-corrected chi connectivity index (χ0v) is 16.4. The summed E-state index contributed by atoms with van der Waals surface area (Å²) in [7, 11) is 0. The number of aliphatic hydroxyl groups excluding tert-OH is 3. The van der Waals surface area contributed by atoms with E-state index in [4.69, 9.17) is 5.11 Å². The summed E-state index contributed by atoms with van der Waals surface area (Å²) >= 11 is 0. The summed E-state index contributed by atoms with van der Waals surface area (Å²) < 4.78 is 0. The molecule has 27 heavy (non-hydrogen) atoms. The Hall–Kier alpha value is -1.69. The van der Waals surface area contributed by atoms with Crippen molar-refractivity contribution in [3.8, 4) is 0 Å². The molecule has 0 aliphatic carbocycles. The molecule has 5 heteroatoms. The van der Waals surface area contributed by atoms with Crippen molar-refractivity contribution in [3.63, 3.8) is 0 Å². The smallest absolute Gasteiger partial charge is 0.303 e. The lowest BCUT2D eigenvalue weighted by atomic mass is 10.1. The monoisotopic (exact) mass is 380 g/mol. The molecule has 0 amide bonds. The third-order valence-corrected chi connectivity index (χ3v) is 4.01. The Morgan fingerprint density at radius 1 is 0.852 bits per heavy atom. The third-order valence-electron chi connectivity index (χ3n) is 4.01. The second kappa shape index (κ2) is 17.7. The van der Waals surface area contributed by atoms with E-state index in [1.54, 1.807) is 12.2 Å². The SMILES string of the molecule is CC/C=C/CC(O)C(O)C/C=C/C/C=C/C=C/C(O)CCCCCC(=O)O. The molecular weight excluding hydrogens is 344 g/mol. The minimum absolute atomic E-state index is 0.189. The maximum Gasteiger partial charge on any atom is 0.303 e. The van der Waals surface area contributed by atoms with Crippen molar-refractivity contribution in [1.82, 2.24) is 0 Å². The van der Waals surface area contributed by atoms with Crippen LogP contribution in [0, 0.1) is 0 Å². The predicted octanol–water partition coefficient (Wildman–Crippen LogP) is 3.91. The molecule has 0 aromatic carbocycles. The fraction of sp³-hybridized carbons (Fsp3) is 0.591. The van der Waals surface area contributed by atoms with Gasteiger partial charge in [-0.3, -0.25) is 4.79 Å². The molecular formula is C22H36O5. The first-order chi connectivity index (χ1) is 13.0. The molecule has 0 aliphatic heterocycles. The number of hydrogen-bond donors (Lipinski definition) is 4. The molecule has 0 heterocycles. The largest absolute Gasteiger partial charge is 0.481 e. The fourth-order valence-corrected chi connectivity index (χ4v) is 2.38. The third kappa shape index (κ3) is 17.5.